The van der Waals surface area contributed by atoms with Crippen LogP contribution in [-0.4, -0.2) is 33.5 Å². The first-order valence-electron chi connectivity index (χ1n) is 11.1. The molecular weight excluding hydrogens is 555 g/mol. The molecule has 2 aromatic carbocycles. The topological polar surface area (TPSA) is 129 Å². The zero-order valence-electron chi connectivity index (χ0n) is 18.8. The summed E-state index contributed by atoms with van der Waals surface area (Å²) >= 11 is 3.10. The molecule has 0 amide bonds. The fourth-order valence-corrected chi connectivity index (χ4v) is 5.63. The van der Waals surface area contributed by atoms with Gasteiger partial charge in [0.2, 0.25) is 0 Å². The molecule has 0 radical (unpaired) electrons. The molecule has 2 N–H and O–H groups in total. The standard InChI is InChI=1S/C24H22BrN2O8P/c25-10-9-16-12-27(24(30)26-23(16)29)21-11-19(28)20(34-21)14-33-36(31)32-13-17-7-4-8-18(22(17)35-36)15-5-2-1-3-6-15/h1-10,12,19-21,28H,11,13-14H2,(H,26,29,30)/b10-9+/t19-,20+,21+,36?/m0/s1. The van der Waals surface area contributed by atoms with E-state index in [4.69, 9.17) is 18.3 Å². The highest BCUT2D eigenvalue weighted by Crippen LogP contribution is 2.56. The molecule has 0 saturated carbocycles. The number of benzene rings is 2. The quantitative estimate of drug-likeness (QED) is 0.422. The van der Waals surface area contributed by atoms with E-state index in [1.54, 1.807) is 0 Å². The Kier molecular flexibility index (Phi) is 7.11. The number of aliphatic hydroxyl groups excluding tert-OH is 1. The number of rotatable bonds is 6. The molecule has 1 saturated heterocycles. The van der Waals surface area contributed by atoms with E-state index in [1.807, 2.05) is 48.5 Å². The van der Waals surface area contributed by atoms with Gasteiger partial charge in [-0.05, 0) is 16.6 Å². The third-order valence-corrected chi connectivity index (χ3v) is 7.49. The number of nitrogens with zero attached hydrogens (tertiary/aromatic N) is 1. The molecule has 4 atom stereocenters. The summed E-state index contributed by atoms with van der Waals surface area (Å²) in [5, 5.41) is 10.5. The van der Waals surface area contributed by atoms with E-state index < -0.39 is 37.5 Å². The number of aromatic nitrogens is 2. The molecule has 0 aliphatic carbocycles. The second-order valence-electron chi connectivity index (χ2n) is 8.24. The van der Waals surface area contributed by atoms with Crippen LogP contribution in [0.25, 0.3) is 17.2 Å². The predicted octanol–water partition coefficient (Wildman–Crippen LogP) is 3.95. The summed E-state index contributed by atoms with van der Waals surface area (Å²) in [5.74, 6) is 0.413. The fraction of sp³-hybridized carbons (Fsp3) is 0.250. The Balaban J connectivity index is 1.30. The van der Waals surface area contributed by atoms with Gasteiger partial charge in [0.05, 0.1) is 24.9 Å². The van der Waals surface area contributed by atoms with Crippen molar-refractivity contribution < 1.29 is 28.0 Å². The smallest absolute Gasteiger partial charge is 0.403 e. The highest BCUT2D eigenvalue weighted by Gasteiger charge is 2.41. The van der Waals surface area contributed by atoms with E-state index in [2.05, 4.69) is 20.9 Å². The summed E-state index contributed by atoms with van der Waals surface area (Å²) in [4.78, 5) is 27.9. The normalized spacial score (nSPS) is 25.6. The Morgan fingerprint density at radius 3 is 2.78 bits per heavy atom. The SMILES string of the molecule is O=c1[nH]c(=O)n([C@H]2C[C@H](O)[C@@H](COP3(=O)OCc4cccc(-c5ccccc5)c4O3)O2)cc1/C=C/Br. The molecule has 10 nitrogen and oxygen atoms in total. The molecule has 188 valence electrons. The number of phosphoric ester groups is 1. The minimum atomic E-state index is -4.02. The van der Waals surface area contributed by atoms with Crippen molar-refractivity contribution in [2.24, 2.45) is 0 Å². The lowest BCUT2D eigenvalue weighted by atomic mass is 10.0. The Morgan fingerprint density at radius 1 is 1.19 bits per heavy atom. The van der Waals surface area contributed by atoms with Gasteiger partial charge in [-0.2, -0.15) is 0 Å². The second kappa shape index (κ2) is 10.3. The monoisotopic (exact) mass is 576 g/mol. The van der Waals surface area contributed by atoms with Crippen molar-refractivity contribution in [1.82, 2.24) is 9.55 Å². The van der Waals surface area contributed by atoms with Crippen molar-refractivity contribution in [3.63, 3.8) is 0 Å². The first-order chi connectivity index (χ1) is 17.4. The maximum Gasteiger partial charge on any atom is 0.530 e. The zero-order chi connectivity index (χ0) is 25.3. The van der Waals surface area contributed by atoms with Crippen LogP contribution in [0.2, 0.25) is 0 Å². The number of hydrogen-bond acceptors (Lipinski definition) is 8. The number of nitrogens with one attached hydrogen (secondary N) is 1. The summed E-state index contributed by atoms with van der Waals surface area (Å²) in [7, 11) is -4.02. The summed E-state index contributed by atoms with van der Waals surface area (Å²) in [6.07, 6.45) is 0.0908. The van der Waals surface area contributed by atoms with Crippen molar-refractivity contribution in [2.75, 3.05) is 6.61 Å². The zero-order valence-corrected chi connectivity index (χ0v) is 21.3. The van der Waals surface area contributed by atoms with Gasteiger partial charge in [-0.3, -0.25) is 23.4 Å². The van der Waals surface area contributed by atoms with Crippen molar-refractivity contribution in [3.05, 3.63) is 91.7 Å². The average Bonchev–Trinajstić information content (AvgIpc) is 3.25. The number of hydrogen-bond donors (Lipinski definition) is 2. The molecule has 3 heterocycles. The summed E-state index contributed by atoms with van der Waals surface area (Å²) in [6, 6.07) is 15.1. The van der Waals surface area contributed by atoms with Crippen molar-refractivity contribution in [1.29, 1.82) is 0 Å². The van der Waals surface area contributed by atoms with Crippen molar-refractivity contribution >= 4 is 29.8 Å². The molecule has 5 rings (SSSR count). The highest BCUT2D eigenvalue weighted by atomic mass is 79.9. The van der Waals surface area contributed by atoms with Crippen molar-refractivity contribution in [2.45, 2.75) is 31.5 Å². The van der Waals surface area contributed by atoms with E-state index in [9.17, 15) is 19.3 Å². The minimum absolute atomic E-state index is 0.0284. The van der Waals surface area contributed by atoms with Crippen LogP contribution in [0.1, 0.15) is 23.8 Å². The fourth-order valence-electron chi connectivity index (χ4n) is 4.10. The summed E-state index contributed by atoms with van der Waals surface area (Å²) in [5.41, 5.74) is 1.37. The minimum Gasteiger partial charge on any atom is -0.403 e. The molecule has 1 unspecified atom stereocenters. The number of phosphoric acid groups is 1. The molecule has 0 bridgehead atoms. The van der Waals surface area contributed by atoms with E-state index in [0.29, 0.717) is 5.75 Å². The number of H-pyrrole nitrogens is 1. The maximum absolute atomic E-state index is 13.3. The second-order valence-corrected chi connectivity index (χ2v) is 10.4. The molecule has 0 spiro atoms. The van der Waals surface area contributed by atoms with Gasteiger partial charge in [0.1, 0.15) is 18.1 Å². The lowest BCUT2D eigenvalue weighted by Gasteiger charge is -2.27. The van der Waals surface area contributed by atoms with Crippen LogP contribution in [0.4, 0.5) is 0 Å². The van der Waals surface area contributed by atoms with Gasteiger partial charge in [0.25, 0.3) is 5.56 Å². The van der Waals surface area contributed by atoms with Crippen LogP contribution in [0.15, 0.2) is 69.3 Å². The molecule has 2 aliphatic rings. The number of halogens is 1. The first kappa shape index (κ1) is 24.9. The van der Waals surface area contributed by atoms with Crippen LogP contribution in [0.5, 0.6) is 5.75 Å². The molecule has 12 heteroatoms. The highest BCUT2D eigenvalue weighted by molar-refractivity contribution is 9.11. The Bertz CT molecular complexity index is 1450. The number of ether oxygens (including phenoxy) is 1. The van der Waals surface area contributed by atoms with E-state index >= 15 is 0 Å². The van der Waals surface area contributed by atoms with Gasteiger partial charge in [-0.15, -0.1) is 0 Å². The predicted molar refractivity (Wildman–Crippen MR) is 135 cm³/mol. The first-order valence-corrected chi connectivity index (χ1v) is 13.5. The van der Waals surface area contributed by atoms with E-state index in [-0.39, 0.29) is 25.2 Å². The number of aromatic amines is 1. The number of fused-ring (bicyclic) bond motifs is 1. The molecule has 36 heavy (non-hydrogen) atoms. The van der Waals surface area contributed by atoms with Gasteiger partial charge in [0.15, 0.2) is 0 Å². The number of aliphatic hydroxyl groups is 1. The maximum atomic E-state index is 13.3. The van der Waals surface area contributed by atoms with Crippen LogP contribution in [0, 0.1) is 0 Å². The summed E-state index contributed by atoms with van der Waals surface area (Å²) in [6.45, 7) is -0.273. The largest absolute Gasteiger partial charge is 0.530 e. The van der Waals surface area contributed by atoms with Gasteiger partial charge in [-0.25, -0.2) is 9.36 Å². The van der Waals surface area contributed by atoms with Gasteiger partial charge < -0.3 is 14.4 Å². The van der Waals surface area contributed by atoms with Gasteiger partial charge >= 0.3 is 13.5 Å². The average molecular weight is 577 g/mol. The van der Waals surface area contributed by atoms with Crippen molar-refractivity contribution in [3.8, 4) is 16.9 Å². The van der Waals surface area contributed by atoms with Crippen LogP contribution in [-0.2, 0) is 25.0 Å². The Labute approximate surface area is 213 Å². The van der Waals surface area contributed by atoms with Gasteiger partial charge in [-0.1, -0.05) is 64.5 Å². The van der Waals surface area contributed by atoms with Crippen LogP contribution in [0.3, 0.4) is 0 Å². The van der Waals surface area contributed by atoms with Gasteiger partial charge in [0, 0.05) is 23.7 Å². The lowest BCUT2D eigenvalue weighted by Crippen LogP contribution is -2.33. The Hall–Kier alpha value is -2.79. The molecule has 3 aromatic rings. The third kappa shape index (κ3) is 5.04. The molecule has 2 aliphatic heterocycles. The van der Waals surface area contributed by atoms with E-state index in [0.717, 1.165) is 16.7 Å². The summed E-state index contributed by atoms with van der Waals surface area (Å²) < 4.78 is 37.0. The molecular formula is C24H22BrN2O8P. The number of para-hydroxylation sites is 1. The lowest BCUT2D eigenvalue weighted by molar-refractivity contribution is -0.0468. The third-order valence-electron chi connectivity index (χ3n) is 5.91. The molecule has 1 fully saturated rings. The van der Waals surface area contributed by atoms with E-state index in [1.165, 1.54) is 21.8 Å². The van der Waals surface area contributed by atoms with Crippen LogP contribution < -0.4 is 15.8 Å². The molecule has 1 aromatic heterocycles. The Morgan fingerprint density at radius 2 is 2.00 bits per heavy atom. The van der Waals surface area contributed by atoms with Crippen LogP contribution >= 0.6 is 23.8 Å².